The zero-order valence-corrected chi connectivity index (χ0v) is 12.6. The second-order valence-corrected chi connectivity index (χ2v) is 5.34. The molecule has 3 nitrogen and oxygen atoms in total. The maximum atomic E-state index is 5.99. The van der Waals surface area contributed by atoms with Crippen LogP contribution >= 0.6 is 11.6 Å². The fourth-order valence-electron chi connectivity index (χ4n) is 1.86. The lowest BCUT2D eigenvalue weighted by Crippen LogP contribution is -2.15. The van der Waals surface area contributed by atoms with E-state index in [-0.39, 0.29) is 0 Å². The predicted molar refractivity (Wildman–Crippen MR) is 83.3 cm³/mol. The maximum Gasteiger partial charge on any atom is 0.213 e. The van der Waals surface area contributed by atoms with Crippen LogP contribution in [0.25, 0.3) is 11.1 Å². The molecule has 0 amide bonds. The van der Waals surface area contributed by atoms with Crippen molar-refractivity contribution in [2.24, 2.45) is 0 Å². The van der Waals surface area contributed by atoms with Crippen molar-refractivity contribution in [2.45, 2.75) is 6.42 Å². The summed E-state index contributed by atoms with van der Waals surface area (Å²) in [6, 6.07) is 11.6. The number of ether oxygens (including phenoxy) is 1. The van der Waals surface area contributed by atoms with E-state index in [1.54, 1.807) is 0 Å². The molecule has 0 N–H and O–H groups in total. The van der Waals surface area contributed by atoms with Crippen molar-refractivity contribution in [3.63, 3.8) is 0 Å². The van der Waals surface area contributed by atoms with Gasteiger partial charge < -0.3 is 9.64 Å². The smallest absolute Gasteiger partial charge is 0.213 e. The first-order valence-corrected chi connectivity index (χ1v) is 7.02. The molecule has 0 aliphatic rings. The highest BCUT2D eigenvalue weighted by Crippen LogP contribution is 2.23. The Bertz CT molecular complexity index is 540. The zero-order chi connectivity index (χ0) is 14.4. The maximum absolute atomic E-state index is 5.99. The SMILES string of the molecule is CN(C)CCCOc1ccc(-c2cccc(Cl)c2)cn1. The van der Waals surface area contributed by atoms with E-state index < -0.39 is 0 Å². The van der Waals surface area contributed by atoms with Crippen LogP contribution in [0.4, 0.5) is 0 Å². The van der Waals surface area contributed by atoms with Gasteiger partial charge in [0.1, 0.15) is 0 Å². The lowest BCUT2D eigenvalue weighted by molar-refractivity contribution is 0.273. The molecule has 106 valence electrons. The summed E-state index contributed by atoms with van der Waals surface area (Å²) in [6.07, 6.45) is 2.80. The van der Waals surface area contributed by atoms with Crippen LogP contribution in [0.3, 0.4) is 0 Å². The molecule has 20 heavy (non-hydrogen) atoms. The van der Waals surface area contributed by atoms with Crippen molar-refractivity contribution in [2.75, 3.05) is 27.2 Å². The van der Waals surface area contributed by atoms with Gasteiger partial charge in [0, 0.05) is 29.4 Å². The van der Waals surface area contributed by atoms with Crippen molar-refractivity contribution in [1.82, 2.24) is 9.88 Å². The molecule has 2 rings (SSSR count). The molecule has 0 bridgehead atoms. The summed E-state index contributed by atoms with van der Waals surface area (Å²) in [5, 5.41) is 0.728. The van der Waals surface area contributed by atoms with E-state index in [2.05, 4.69) is 24.0 Å². The monoisotopic (exact) mass is 290 g/mol. The van der Waals surface area contributed by atoms with Gasteiger partial charge >= 0.3 is 0 Å². The first-order valence-electron chi connectivity index (χ1n) is 6.64. The Morgan fingerprint density at radius 2 is 2.00 bits per heavy atom. The second-order valence-electron chi connectivity index (χ2n) is 4.90. The highest BCUT2D eigenvalue weighted by atomic mass is 35.5. The molecule has 2 aromatic rings. The molecular formula is C16H19ClN2O. The number of benzene rings is 1. The summed E-state index contributed by atoms with van der Waals surface area (Å²) in [6.45, 7) is 1.70. The number of halogens is 1. The number of rotatable bonds is 6. The summed E-state index contributed by atoms with van der Waals surface area (Å²) in [7, 11) is 4.11. The average molecular weight is 291 g/mol. The van der Waals surface area contributed by atoms with Crippen LogP contribution in [0.15, 0.2) is 42.6 Å². The van der Waals surface area contributed by atoms with E-state index in [1.165, 1.54) is 0 Å². The van der Waals surface area contributed by atoms with Gasteiger partial charge in [0.05, 0.1) is 6.61 Å². The van der Waals surface area contributed by atoms with Crippen molar-refractivity contribution in [1.29, 1.82) is 0 Å². The Labute approximate surface area is 125 Å². The molecule has 0 aliphatic heterocycles. The third kappa shape index (κ3) is 4.51. The second kappa shape index (κ2) is 7.27. The molecule has 1 aromatic carbocycles. The van der Waals surface area contributed by atoms with Gasteiger partial charge in [-0.15, -0.1) is 0 Å². The summed E-state index contributed by atoms with van der Waals surface area (Å²) in [4.78, 5) is 6.46. The van der Waals surface area contributed by atoms with Gasteiger partial charge in [-0.1, -0.05) is 23.7 Å². The molecule has 0 radical (unpaired) electrons. The quantitative estimate of drug-likeness (QED) is 0.758. The summed E-state index contributed by atoms with van der Waals surface area (Å²) < 4.78 is 5.61. The molecular weight excluding hydrogens is 272 g/mol. The third-order valence-electron chi connectivity index (χ3n) is 2.89. The van der Waals surface area contributed by atoms with Crippen molar-refractivity contribution in [3.05, 3.63) is 47.6 Å². The summed E-state index contributed by atoms with van der Waals surface area (Å²) in [5.41, 5.74) is 2.09. The number of hydrogen-bond donors (Lipinski definition) is 0. The van der Waals surface area contributed by atoms with E-state index >= 15 is 0 Å². The Kier molecular flexibility index (Phi) is 5.39. The van der Waals surface area contributed by atoms with Gasteiger partial charge in [0.15, 0.2) is 0 Å². The van der Waals surface area contributed by atoms with E-state index in [0.29, 0.717) is 12.5 Å². The lowest BCUT2D eigenvalue weighted by Gasteiger charge is -2.10. The van der Waals surface area contributed by atoms with Gasteiger partial charge in [0.25, 0.3) is 0 Å². The minimum Gasteiger partial charge on any atom is -0.478 e. The van der Waals surface area contributed by atoms with E-state index in [0.717, 1.165) is 29.1 Å². The standard InChI is InChI=1S/C16H19ClN2O/c1-19(2)9-4-10-20-16-8-7-14(12-18-16)13-5-3-6-15(17)11-13/h3,5-8,11-12H,4,9-10H2,1-2H3. The van der Waals surface area contributed by atoms with Gasteiger partial charge in [-0.2, -0.15) is 0 Å². The first-order chi connectivity index (χ1) is 9.65. The first kappa shape index (κ1) is 14.8. The molecule has 0 saturated heterocycles. The fourth-order valence-corrected chi connectivity index (χ4v) is 2.05. The van der Waals surface area contributed by atoms with Crippen LogP contribution in [-0.2, 0) is 0 Å². The molecule has 0 atom stereocenters. The molecule has 0 aliphatic carbocycles. The van der Waals surface area contributed by atoms with Crippen molar-refractivity contribution >= 4 is 11.6 Å². The minimum absolute atomic E-state index is 0.662. The van der Waals surface area contributed by atoms with Gasteiger partial charge in [0.2, 0.25) is 5.88 Å². The zero-order valence-electron chi connectivity index (χ0n) is 11.8. The fraction of sp³-hybridized carbons (Fsp3) is 0.312. The van der Waals surface area contributed by atoms with Crippen LogP contribution in [0, 0.1) is 0 Å². The highest BCUT2D eigenvalue weighted by molar-refractivity contribution is 6.30. The highest BCUT2D eigenvalue weighted by Gasteiger charge is 2.01. The molecule has 0 fully saturated rings. The largest absolute Gasteiger partial charge is 0.478 e. The van der Waals surface area contributed by atoms with Crippen LogP contribution < -0.4 is 4.74 Å². The Hall–Kier alpha value is -1.58. The minimum atomic E-state index is 0.662. The topological polar surface area (TPSA) is 25.4 Å². The van der Waals surface area contributed by atoms with Gasteiger partial charge in [-0.05, 0) is 44.3 Å². The molecule has 4 heteroatoms. The molecule has 0 unspecified atom stereocenters. The van der Waals surface area contributed by atoms with Crippen molar-refractivity contribution in [3.8, 4) is 17.0 Å². The van der Waals surface area contributed by atoms with Crippen LogP contribution in [-0.4, -0.2) is 37.1 Å². The average Bonchev–Trinajstić information content (AvgIpc) is 2.44. The Balaban J connectivity index is 1.93. The van der Waals surface area contributed by atoms with Crippen LogP contribution in [0.1, 0.15) is 6.42 Å². The number of aromatic nitrogens is 1. The molecule has 0 spiro atoms. The molecule has 1 heterocycles. The van der Waals surface area contributed by atoms with E-state index in [9.17, 15) is 0 Å². The molecule has 1 aromatic heterocycles. The number of hydrogen-bond acceptors (Lipinski definition) is 3. The van der Waals surface area contributed by atoms with Crippen molar-refractivity contribution < 1.29 is 4.74 Å². The van der Waals surface area contributed by atoms with E-state index in [1.807, 2.05) is 42.6 Å². The van der Waals surface area contributed by atoms with Crippen LogP contribution in [0.2, 0.25) is 5.02 Å². The summed E-state index contributed by atoms with van der Waals surface area (Å²) in [5.74, 6) is 0.662. The lowest BCUT2D eigenvalue weighted by atomic mass is 10.1. The Morgan fingerprint density at radius 3 is 2.65 bits per heavy atom. The van der Waals surface area contributed by atoms with Crippen LogP contribution in [0.5, 0.6) is 5.88 Å². The Morgan fingerprint density at radius 1 is 1.15 bits per heavy atom. The third-order valence-corrected chi connectivity index (χ3v) is 3.13. The predicted octanol–water partition coefficient (Wildman–Crippen LogP) is 3.73. The van der Waals surface area contributed by atoms with Gasteiger partial charge in [-0.3, -0.25) is 0 Å². The number of nitrogens with zero attached hydrogens (tertiary/aromatic N) is 2. The normalized spacial score (nSPS) is 10.8. The molecule has 0 saturated carbocycles. The van der Waals surface area contributed by atoms with E-state index in [4.69, 9.17) is 16.3 Å². The number of pyridine rings is 1. The summed E-state index contributed by atoms with van der Waals surface area (Å²) >= 11 is 5.99. The van der Waals surface area contributed by atoms with Gasteiger partial charge in [-0.25, -0.2) is 4.98 Å².